The van der Waals surface area contributed by atoms with Gasteiger partial charge in [-0.25, -0.2) is 4.79 Å². The van der Waals surface area contributed by atoms with Gasteiger partial charge < -0.3 is 15.5 Å². The van der Waals surface area contributed by atoms with Crippen molar-refractivity contribution in [3.63, 3.8) is 0 Å². The molecule has 3 N–H and O–H groups in total. The maximum Gasteiger partial charge on any atom is 0.326 e. The maximum absolute atomic E-state index is 12.2. The van der Waals surface area contributed by atoms with Crippen LogP contribution in [0, 0.1) is 5.92 Å². The Hall–Kier alpha value is -2.25. The molecule has 1 amide bonds. The van der Waals surface area contributed by atoms with Gasteiger partial charge in [-0.1, -0.05) is 65.2 Å². The fourth-order valence-corrected chi connectivity index (χ4v) is 3.86. The summed E-state index contributed by atoms with van der Waals surface area (Å²) in [6.07, 6.45) is 11.3. The van der Waals surface area contributed by atoms with Gasteiger partial charge in [0.2, 0.25) is 5.91 Å². The minimum absolute atomic E-state index is 0.000504. The van der Waals surface area contributed by atoms with Crippen molar-refractivity contribution < 1.29 is 34.2 Å². The summed E-state index contributed by atoms with van der Waals surface area (Å²) in [5.74, 6) is -4.09. The molecule has 0 aliphatic rings. The second-order valence-electron chi connectivity index (χ2n) is 9.18. The molecule has 8 nitrogen and oxygen atoms in total. The molecule has 0 aliphatic carbocycles. The van der Waals surface area contributed by atoms with E-state index >= 15 is 0 Å². The SMILES string of the molecule is CCCCCCCCCCCC(=O)C[C@@H](CCC(=O)NC(CCC(=O)CCC)C(=O)O)C(=O)O. The Kier molecular flexibility index (Phi) is 18.8. The van der Waals surface area contributed by atoms with Gasteiger partial charge >= 0.3 is 11.9 Å². The van der Waals surface area contributed by atoms with Crippen molar-refractivity contribution in [1.82, 2.24) is 5.32 Å². The number of hydrogen-bond donors (Lipinski definition) is 3. The van der Waals surface area contributed by atoms with E-state index in [4.69, 9.17) is 0 Å². The number of Topliss-reactive ketones (excluding diaryl/α,β-unsaturated/α-hetero) is 2. The molecule has 1 unspecified atom stereocenters. The van der Waals surface area contributed by atoms with Gasteiger partial charge in [-0.3, -0.25) is 19.2 Å². The molecular formula is C26H45NO7. The zero-order valence-corrected chi connectivity index (χ0v) is 21.1. The van der Waals surface area contributed by atoms with Crippen LogP contribution in [-0.2, 0) is 24.0 Å². The number of aliphatic carboxylic acids is 2. The van der Waals surface area contributed by atoms with Gasteiger partial charge in [0.25, 0.3) is 0 Å². The summed E-state index contributed by atoms with van der Waals surface area (Å²) in [5.41, 5.74) is 0. The van der Waals surface area contributed by atoms with E-state index in [0.717, 1.165) is 25.7 Å². The van der Waals surface area contributed by atoms with Crippen molar-refractivity contribution in [3.05, 3.63) is 0 Å². The third kappa shape index (κ3) is 17.3. The first-order valence-corrected chi connectivity index (χ1v) is 13.0. The number of carboxylic acids is 2. The number of rotatable bonds is 23. The third-order valence-corrected chi connectivity index (χ3v) is 5.98. The highest BCUT2D eigenvalue weighted by Crippen LogP contribution is 2.16. The maximum atomic E-state index is 12.2. The lowest BCUT2D eigenvalue weighted by atomic mass is 9.94. The predicted octanol–water partition coefficient (Wildman–Crippen LogP) is 5.07. The van der Waals surface area contributed by atoms with Crippen LogP contribution in [0.5, 0.6) is 0 Å². The van der Waals surface area contributed by atoms with E-state index in [9.17, 15) is 34.2 Å². The largest absolute Gasteiger partial charge is 0.481 e. The molecule has 8 heteroatoms. The van der Waals surface area contributed by atoms with Crippen LogP contribution in [0.1, 0.15) is 123 Å². The summed E-state index contributed by atoms with van der Waals surface area (Å²) in [6, 6.07) is -1.19. The number of ketones is 2. The predicted molar refractivity (Wildman–Crippen MR) is 131 cm³/mol. The van der Waals surface area contributed by atoms with E-state index in [0.29, 0.717) is 19.3 Å². The molecule has 0 aromatic carbocycles. The summed E-state index contributed by atoms with van der Waals surface area (Å²) >= 11 is 0. The molecule has 0 spiro atoms. The first-order valence-electron chi connectivity index (χ1n) is 13.0. The van der Waals surface area contributed by atoms with E-state index in [2.05, 4.69) is 12.2 Å². The minimum atomic E-state index is -1.23. The van der Waals surface area contributed by atoms with Crippen LogP contribution in [0.2, 0.25) is 0 Å². The van der Waals surface area contributed by atoms with Crippen molar-refractivity contribution in [2.24, 2.45) is 5.92 Å². The Morgan fingerprint density at radius 3 is 1.74 bits per heavy atom. The molecular weight excluding hydrogens is 438 g/mol. The highest BCUT2D eigenvalue weighted by molar-refractivity contribution is 5.86. The van der Waals surface area contributed by atoms with E-state index in [1.54, 1.807) is 0 Å². The minimum Gasteiger partial charge on any atom is -0.481 e. The molecule has 196 valence electrons. The zero-order valence-electron chi connectivity index (χ0n) is 21.1. The molecule has 0 aliphatic heterocycles. The second-order valence-corrected chi connectivity index (χ2v) is 9.18. The highest BCUT2D eigenvalue weighted by atomic mass is 16.4. The molecule has 0 fully saturated rings. The smallest absolute Gasteiger partial charge is 0.326 e. The van der Waals surface area contributed by atoms with Crippen molar-refractivity contribution in [3.8, 4) is 0 Å². The Balaban J connectivity index is 4.26. The fourth-order valence-electron chi connectivity index (χ4n) is 3.86. The monoisotopic (exact) mass is 483 g/mol. The van der Waals surface area contributed by atoms with Gasteiger partial charge in [-0.05, 0) is 25.7 Å². The summed E-state index contributed by atoms with van der Waals surface area (Å²) in [6.45, 7) is 4.05. The summed E-state index contributed by atoms with van der Waals surface area (Å²) in [7, 11) is 0. The summed E-state index contributed by atoms with van der Waals surface area (Å²) in [5, 5.41) is 21.0. The summed E-state index contributed by atoms with van der Waals surface area (Å²) in [4.78, 5) is 58.9. The average molecular weight is 484 g/mol. The molecule has 0 aromatic heterocycles. The molecule has 34 heavy (non-hydrogen) atoms. The molecule has 0 radical (unpaired) electrons. The molecule has 0 saturated heterocycles. The first-order chi connectivity index (χ1) is 16.2. The van der Waals surface area contributed by atoms with Crippen LogP contribution in [0.15, 0.2) is 0 Å². The fraction of sp³-hybridized carbons (Fsp3) is 0.808. The number of carbonyl (C=O) groups is 5. The highest BCUT2D eigenvalue weighted by Gasteiger charge is 2.24. The Bertz CT molecular complexity index is 633. The first kappa shape index (κ1) is 31.8. The lowest BCUT2D eigenvalue weighted by Crippen LogP contribution is -2.41. The van der Waals surface area contributed by atoms with Crippen LogP contribution >= 0.6 is 0 Å². The Morgan fingerprint density at radius 1 is 0.618 bits per heavy atom. The lowest BCUT2D eigenvalue weighted by Gasteiger charge is -2.15. The second kappa shape index (κ2) is 20.2. The Morgan fingerprint density at radius 2 is 1.21 bits per heavy atom. The van der Waals surface area contributed by atoms with Gasteiger partial charge in [0, 0.05) is 32.1 Å². The normalized spacial score (nSPS) is 12.6. The summed E-state index contributed by atoms with van der Waals surface area (Å²) < 4.78 is 0. The van der Waals surface area contributed by atoms with Crippen molar-refractivity contribution >= 4 is 29.4 Å². The van der Waals surface area contributed by atoms with E-state index in [1.807, 2.05) is 6.92 Å². The average Bonchev–Trinajstić information content (AvgIpc) is 2.78. The van der Waals surface area contributed by atoms with Gasteiger partial charge in [0.1, 0.15) is 17.6 Å². The zero-order chi connectivity index (χ0) is 25.8. The van der Waals surface area contributed by atoms with Gasteiger partial charge in [-0.2, -0.15) is 0 Å². The van der Waals surface area contributed by atoms with Crippen LogP contribution in [0.25, 0.3) is 0 Å². The van der Waals surface area contributed by atoms with Gasteiger partial charge in [0.05, 0.1) is 5.92 Å². The van der Waals surface area contributed by atoms with Crippen molar-refractivity contribution in [1.29, 1.82) is 0 Å². The number of nitrogens with one attached hydrogen (secondary N) is 1. The molecule has 0 saturated carbocycles. The number of hydrogen-bond acceptors (Lipinski definition) is 5. The number of amides is 1. The quantitative estimate of drug-likeness (QED) is 0.173. The molecule has 2 atom stereocenters. The van der Waals surface area contributed by atoms with Crippen LogP contribution < -0.4 is 5.32 Å². The van der Waals surface area contributed by atoms with E-state index < -0.39 is 29.8 Å². The van der Waals surface area contributed by atoms with Crippen molar-refractivity contribution in [2.45, 2.75) is 129 Å². The number of unbranched alkanes of at least 4 members (excludes halogenated alkanes) is 8. The van der Waals surface area contributed by atoms with Crippen molar-refractivity contribution in [2.75, 3.05) is 0 Å². The van der Waals surface area contributed by atoms with Crippen LogP contribution in [0.4, 0.5) is 0 Å². The number of carboxylic acid groups (broad SMARTS) is 2. The van der Waals surface area contributed by atoms with Crippen LogP contribution in [-0.4, -0.2) is 45.7 Å². The standard InChI is InChI=1S/C26H45NO7/c1-3-5-6-7-8-9-10-11-12-14-22(29)19-20(25(31)32)15-18-24(30)27-23(26(33)34)17-16-21(28)13-4-2/h20,23H,3-19H2,1-2H3,(H,27,30)(H,31,32)(H,33,34)/t20-,23?/m1/s1. The van der Waals surface area contributed by atoms with Gasteiger partial charge in [0.15, 0.2) is 0 Å². The molecule has 0 rings (SSSR count). The molecule has 0 aromatic rings. The molecule has 0 heterocycles. The Labute approximate surface area is 204 Å². The molecule has 0 bridgehead atoms. The van der Waals surface area contributed by atoms with E-state index in [-0.39, 0.29) is 43.7 Å². The third-order valence-electron chi connectivity index (χ3n) is 5.98. The van der Waals surface area contributed by atoms with Crippen LogP contribution in [0.3, 0.4) is 0 Å². The van der Waals surface area contributed by atoms with Gasteiger partial charge in [-0.15, -0.1) is 0 Å². The topological polar surface area (TPSA) is 138 Å². The lowest BCUT2D eigenvalue weighted by molar-refractivity contribution is -0.145. The number of carbonyl (C=O) groups excluding carboxylic acids is 3. The van der Waals surface area contributed by atoms with E-state index in [1.165, 1.54) is 32.1 Å².